The van der Waals surface area contributed by atoms with Crippen molar-refractivity contribution in [1.29, 1.82) is 0 Å². The summed E-state index contributed by atoms with van der Waals surface area (Å²) in [4.78, 5) is 10.9. The average Bonchev–Trinajstić information content (AvgIpc) is 2.55. The predicted octanol–water partition coefficient (Wildman–Crippen LogP) is 2.53. The number of nitrogen functional groups attached to an aromatic ring is 1. The number of hydrogen-bond donors (Lipinski definition) is 1. The van der Waals surface area contributed by atoms with E-state index in [0.29, 0.717) is 11.9 Å². The molecular weight excluding hydrogens is 212 g/mol. The molecule has 0 aromatic carbocycles. The Morgan fingerprint density at radius 3 is 2.41 bits per heavy atom. The van der Waals surface area contributed by atoms with Gasteiger partial charge >= 0.3 is 0 Å². The first-order valence-corrected chi connectivity index (χ1v) is 6.51. The highest BCUT2D eigenvalue weighted by atomic mass is 15.2. The topological polar surface area (TPSA) is 55.0 Å². The van der Waals surface area contributed by atoms with Crippen LogP contribution < -0.4 is 10.6 Å². The molecule has 1 fully saturated rings. The standard InChI is InChI=1S/C13H22N4/c1-10-15-12(14)9-13(16-10)17(2)11-7-5-3-4-6-8-11/h9,11H,3-8H2,1-2H3,(H2,14,15,16). The minimum atomic E-state index is 0.563. The fourth-order valence-electron chi connectivity index (χ4n) is 2.59. The van der Waals surface area contributed by atoms with Gasteiger partial charge in [-0.2, -0.15) is 0 Å². The van der Waals surface area contributed by atoms with E-state index in [1.54, 1.807) is 0 Å². The number of rotatable bonds is 2. The molecule has 1 aromatic heterocycles. The summed E-state index contributed by atoms with van der Waals surface area (Å²) >= 11 is 0. The number of nitrogens with zero attached hydrogens (tertiary/aromatic N) is 3. The molecule has 0 spiro atoms. The largest absolute Gasteiger partial charge is 0.384 e. The van der Waals surface area contributed by atoms with E-state index in [1.165, 1.54) is 38.5 Å². The summed E-state index contributed by atoms with van der Waals surface area (Å²) in [6.07, 6.45) is 7.92. The minimum Gasteiger partial charge on any atom is -0.384 e. The lowest BCUT2D eigenvalue weighted by Gasteiger charge is -2.28. The molecule has 4 nitrogen and oxygen atoms in total. The number of aromatic nitrogens is 2. The van der Waals surface area contributed by atoms with Crippen molar-refractivity contribution in [3.8, 4) is 0 Å². The zero-order valence-electron chi connectivity index (χ0n) is 10.8. The summed E-state index contributed by atoms with van der Waals surface area (Å²) in [6, 6.07) is 2.48. The quantitative estimate of drug-likeness (QED) is 0.799. The molecule has 0 radical (unpaired) electrons. The molecule has 1 aliphatic rings. The van der Waals surface area contributed by atoms with Crippen LogP contribution in [-0.2, 0) is 0 Å². The Balaban J connectivity index is 2.14. The van der Waals surface area contributed by atoms with Gasteiger partial charge in [-0.25, -0.2) is 9.97 Å². The van der Waals surface area contributed by atoms with Crippen LogP contribution in [0.2, 0.25) is 0 Å². The first-order valence-electron chi connectivity index (χ1n) is 6.51. The first kappa shape index (κ1) is 12.1. The maximum Gasteiger partial charge on any atom is 0.134 e. The summed E-state index contributed by atoms with van der Waals surface area (Å²) in [6.45, 7) is 1.89. The summed E-state index contributed by atoms with van der Waals surface area (Å²) in [5.41, 5.74) is 5.78. The Morgan fingerprint density at radius 2 is 1.82 bits per heavy atom. The third kappa shape index (κ3) is 3.08. The SMILES string of the molecule is Cc1nc(N)cc(N(C)C2CCCCCC2)n1. The molecule has 0 amide bonds. The second-order valence-corrected chi connectivity index (χ2v) is 4.95. The van der Waals surface area contributed by atoms with Gasteiger partial charge in [-0.1, -0.05) is 25.7 Å². The first-order chi connectivity index (χ1) is 8.16. The van der Waals surface area contributed by atoms with Crippen LogP contribution in [0.4, 0.5) is 11.6 Å². The van der Waals surface area contributed by atoms with Gasteiger partial charge in [0.05, 0.1) is 0 Å². The Hall–Kier alpha value is -1.32. The molecule has 0 bridgehead atoms. The van der Waals surface area contributed by atoms with Crippen LogP contribution in [-0.4, -0.2) is 23.1 Å². The molecule has 17 heavy (non-hydrogen) atoms. The minimum absolute atomic E-state index is 0.563. The maximum atomic E-state index is 5.78. The van der Waals surface area contributed by atoms with E-state index < -0.39 is 0 Å². The summed E-state index contributed by atoms with van der Waals surface area (Å²) in [7, 11) is 2.12. The van der Waals surface area contributed by atoms with Crippen LogP contribution in [0.25, 0.3) is 0 Å². The van der Waals surface area contributed by atoms with E-state index in [-0.39, 0.29) is 0 Å². The van der Waals surface area contributed by atoms with E-state index in [0.717, 1.165) is 11.6 Å². The van der Waals surface area contributed by atoms with Gasteiger partial charge in [-0.3, -0.25) is 0 Å². The molecule has 0 aliphatic heterocycles. The third-order valence-electron chi connectivity index (χ3n) is 3.58. The Bertz CT molecular complexity index is 349. The van der Waals surface area contributed by atoms with Crippen molar-refractivity contribution in [3.05, 3.63) is 11.9 Å². The monoisotopic (exact) mass is 234 g/mol. The number of anilines is 2. The molecular formula is C13H22N4. The van der Waals surface area contributed by atoms with Crippen molar-refractivity contribution in [2.24, 2.45) is 0 Å². The van der Waals surface area contributed by atoms with Crippen LogP contribution >= 0.6 is 0 Å². The van der Waals surface area contributed by atoms with Gasteiger partial charge in [-0.05, 0) is 19.8 Å². The molecule has 1 aliphatic carbocycles. The van der Waals surface area contributed by atoms with Crippen LogP contribution in [0.1, 0.15) is 44.3 Å². The second-order valence-electron chi connectivity index (χ2n) is 4.95. The lowest BCUT2D eigenvalue weighted by molar-refractivity contribution is 0.548. The second kappa shape index (κ2) is 5.34. The highest BCUT2D eigenvalue weighted by Crippen LogP contribution is 2.24. The normalized spacial score (nSPS) is 17.8. The number of nitrogens with two attached hydrogens (primary N) is 1. The zero-order valence-corrected chi connectivity index (χ0v) is 10.8. The van der Waals surface area contributed by atoms with E-state index in [9.17, 15) is 0 Å². The van der Waals surface area contributed by atoms with Gasteiger partial charge in [0.1, 0.15) is 17.5 Å². The molecule has 0 saturated heterocycles. The van der Waals surface area contributed by atoms with Crippen molar-refractivity contribution in [3.63, 3.8) is 0 Å². The predicted molar refractivity (Wildman–Crippen MR) is 71.1 cm³/mol. The average molecular weight is 234 g/mol. The number of hydrogen-bond acceptors (Lipinski definition) is 4. The van der Waals surface area contributed by atoms with Crippen molar-refractivity contribution >= 4 is 11.6 Å². The molecule has 1 heterocycles. The zero-order chi connectivity index (χ0) is 12.3. The van der Waals surface area contributed by atoms with Gasteiger partial charge in [0.25, 0.3) is 0 Å². The van der Waals surface area contributed by atoms with Gasteiger partial charge in [0.2, 0.25) is 0 Å². The number of aryl methyl sites for hydroxylation is 1. The van der Waals surface area contributed by atoms with Gasteiger partial charge in [0.15, 0.2) is 0 Å². The van der Waals surface area contributed by atoms with Crippen molar-refractivity contribution in [1.82, 2.24) is 9.97 Å². The molecule has 0 unspecified atom stereocenters. The highest BCUT2D eigenvalue weighted by Gasteiger charge is 2.18. The molecule has 1 saturated carbocycles. The smallest absolute Gasteiger partial charge is 0.134 e. The van der Waals surface area contributed by atoms with Crippen LogP contribution in [0.5, 0.6) is 0 Å². The van der Waals surface area contributed by atoms with Crippen LogP contribution in [0.15, 0.2) is 6.07 Å². The van der Waals surface area contributed by atoms with Gasteiger partial charge < -0.3 is 10.6 Å². The van der Waals surface area contributed by atoms with E-state index in [2.05, 4.69) is 21.9 Å². The van der Waals surface area contributed by atoms with Gasteiger partial charge in [-0.15, -0.1) is 0 Å². The molecule has 4 heteroatoms. The van der Waals surface area contributed by atoms with E-state index in [4.69, 9.17) is 5.73 Å². The molecule has 2 N–H and O–H groups in total. The van der Waals surface area contributed by atoms with Crippen molar-refractivity contribution < 1.29 is 0 Å². The Labute approximate surface area is 103 Å². The Kier molecular flexibility index (Phi) is 3.82. The van der Waals surface area contributed by atoms with Crippen molar-refractivity contribution in [2.75, 3.05) is 17.7 Å². The lowest BCUT2D eigenvalue weighted by Crippen LogP contribution is -2.32. The van der Waals surface area contributed by atoms with Crippen molar-refractivity contribution in [2.45, 2.75) is 51.5 Å². The Morgan fingerprint density at radius 1 is 1.18 bits per heavy atom. The fraction of sp³-hybridized carbons (Fsp3) is 0.692. The maximum absolute atomic E-state index is 5.78. The molecule has 94 valence electrons. The summed E-state index contributed by atoms with van der Waals surface area (Å²) in [5, 5.41) is 0. The highest BCUT2D eigenvalue weighted by molar-refractivity contribution is 5.47. The fourth-order valence-corrected chi connectivity index (χ4v) is 2.59. The van der Waals surface area contributed by atoms with E-state index in [1.807, 2.05) is 13.0 Å². The van der Waals surface area contributed by atoms with Crippen LogP contribution in [0, 0.1) is 6.92 Å². The van der Waals surface area contributed by atoms with Crippen LogP contribution in [0.3, 0.4) is 0 Å². The summed E-state index contributed by atoms with van der Waals surface area (Å²) in [5.74, 6) is 2.27. The molecule has 0 atom stereocenters. The van der Waals surface area contributed by atoms with E-state index >= 15 is 0 Å². The molecule has 1 aromatic rings. The third-order valence-corrected chi connectivity index (χ3v) is 3.58. The molecule has 2 rings (SSSR count). The lowest BCUT2D eigenvalue weighted by atomic mass is 10.1. The van der Waals surface area contributed by atoms with Gasteiger partial charge in [0, 0.05) is 19.2 Å². The summed E-state index contributed by atoms with van der Waals surface area (Å²) < 4.78 is 0.